The van der Waals surface area contributed by atoms with E-state index in [-0.39, 0.29) is 34.4 Å². The van der Waals surface area contributed by atoms with E-state index in [1.807, 2.05) is 32.9 Å². The number of amides is 1. The van der Waals surface area contributed by atoms with Gasteiger partial charge < -0.3 is 19.4 Å². The zero-order chi connectivity index (χ0) is 32.0. The standard InChI is InChI=1S/C33H44N6O4Si/c1-32(2,3)42-31(41)38-15-14-21-17-25(13-12-22(21)20-38)36-30-35-19-24-16-23(18-34)29(40)39(28(24)37-30)26-10-9-11-27(26)43-44(7,8)33(4,5)6/h12-13,16-17,19,26-27H,9-11,14-15,20H2,1-8H3,(H,35,36,37). The number of rotatable bonds is 5. The van der Waals surface area contributed by atoms with Gasteiger partial charge in [0.25, 0.3) is 5.56 Å². The summed E-state index contributed by atoms with van der Waals surface area (Å²) in [6.07, 6.45) is 4.51. The molecule has 44 heavy (non-hydrogen) atoms. The third-order valence-electron chi connectivity index (χ3n) is 9.02. The molecule has 11 heteroatoms. The third kappa shape index (κ3) is 6.51. The molecule has 10 nitrogen and oxygen atoms in total. The number of ether oxygens (including phenoxy) is 1. The number of carbonyl (C=O) groups excluding carboxylic acids is 1. The maximum Gasteiger partial charge on any atom is 0.410 e. The molecule has 1 N–H and O–H groups in total. The summed E-state index contributed by atoms with van der Waals surface area (Å²) in [6.45, 7) is 17.8. The fourth-order valence-electron chi connectivity index (χ4n) is 5.70. The van der Waals surface area contributed by atoms with Gasteiger partial charge >= 0.3 is 6.09 Å². The highest BCUT2D eigenvalue weighted by Gasteiger charge is 2.43. The SMILES string of the molecule is CC(C)(C)OC(=O)N1CCc2cc(Nc3ncc4cc(C#N)c(=O)n(C5CCCC5O[Si](C)(C)C(C)(C)C)c4n3)ccc2C1. The Hall–Kier alpha value is -3.75. The van der Waals surface area contributed by atoms with Crippen LogP contribution in [0.2, 0.25) is 18.1 Å². The molecule has 2 unspecified atom stereocenters. The summed E-state index contributed by atoms with van der Waals surface area (Å²) in [7, 11) is -2.10. The molecule has 0 radical (unpaired) electrons. The average molecular weight is 617 g/mol. The maximum atomic E-state index is 13.7. The number of anilines is 2. The molecule has 1 aliphatic heterocycles. The second-order valence-corrected chi connectivity index (χ2v) is 19.2. The van der Waals surface area contributed by atoms with Crippen molar-refractivity contribution in [2.75, 3.05) is 11.9 Å². The lowest BCUT2D eigenvalue weighted by Crippen LogP contribution is -2.46. The van der Waals surface area contributed by atoms with E-state index >= 15 is 0 Å². The van der Waals surface area contributed by atoms with Crippen LogP contribution < -0.4 is 10.9 Å². The van der Waals surface area contributed by atoms with Crippen molar-refractivity contribution in [1.82, 2.24) is 19.4 Å². The van der Waals surface area contributed by atoms with Gasteiger partial charge in [0.15, 0.2) is 8.32 Å². The minimum atomic E-state index is -2.10. The highest BCUT2D eigenvalue weighted by Crippen LogP contribution is 2.42. The van der Waals surface area contributed by atoms with Crippen molar-refractivity contribution in [3.8, 4) is 6.07 Å². The molecule has 3 heterocycles. The Bertz CT molecular complexity index is 1680. The van der Waals surface area contributed by atoms with Gasteiger partial charge in [-0.2, -0.15) is 10.2 Å². The zero-order valence-electron chi connectivity index (χ0n) is 27.2. The summed E-state index contributed by atoms with van der Waals surface area (Å²) in [5.74, 6) is 0.362. The molecule has 3 aromatic rings. The third-order valence-corrected chi connectivity index (χ3v) is 13.5. The summed E-state index contributed by atoms with van der Waals surface area (Å²) in [5, 5.41) is 13.8. The topological polar surface area (TPSA) is 122 Å². The molecule has 2 atom stereocenters. The van der Waals surface area contributed by atoms with Crippen molar-refractivity contribution >= 4 is 37.1 Å². The number of fused-ring (bicyclic) bond motifs is 2. The van der Waals surface area contributed by atoms with Gasteiger partial charge in [-0.1, -0.05) is 26.8 Å². The summed E-state index contributed by atoms with van der Waals surface area (Å²) >= 11 is 0. The van der Waals surface area contributed by atoms with Gasteiger partial charge in [-0.25, -0.2) is 9.78 Å². The number of nitrogens with one attached hydrogen (secondary N) is 1. The van der Waals surface area contributed by atoms with Crippen molar-refractivity contribution in [3.63, 3.8) is 0 Å². The van der Waals surface area contributed by atoms with Crippen LogP contribution in [0.3, 0.4) is 0 Å². The molecule has 0 saturated heterocycles. The molecule has 234 valence electrons. The fourth-order valence-corrected chi connectivity index (χ4v) is 7.09. The molecular formula is C33H44N6O4Si. The minimum Gasteiger partial charge on any atom is -0.444 e. The Kier molecular flexibility index (Phi) is 8.37. The van der Waals surface area contributed by atoms with Gasteiger partial charge in [-0.05, 0) is 93.9 Å². The smallest absolute Gasteiger partial charge is 0.410 e. The first-order valence-corrected chi connectivity index (χ1v) is 18.3. The zero-order valence-corrected chi connectivity index (χ0v) is 28.2. The van der Waals surface area contributed by atoms with E-state index in [9.17, 15) is 14.9 Å². The Morgan fingerprint density at radius 3 is 2.55 bits per heavy atom. The van der Waals surface area contributed by atoms with Gasteiger partial charge in [0, 0.05) is 30.4 Å². The lowest BCUT2D eigenvalue weighted by molar-refractivity contribution is 0.0224. The van der Waals surface area contributed by atoms with Crippen LogP contribution in [0, 0.1) is 11.3 Å². The Labute approximate surface area is 260 Å². The molecule has 0 spiro atoms. The highest BCUT2D eigenvalue weighted by atomic mass is 28.4. The highest BCUT2D eigenvalue weighted by molar-refractivity contribution is 6.74. The van der Waals surface area contributed by atoms with Crippen LogP contribution in [0.1, 0.15) is 83.5 Å². The van der Waals surface area contributed by atoms with Crippen LogP contribution in [-0.4, -0.2) is 52.1 Å². The fraction of sp³-hybridized carbons (Fsp3) is 0.545. The lowest BCUT2D eigenvalue weighted by Gasteiger charge is -2.40. The molecule has 1 saturated carbocycles. The number of nitriles is 1. The average Bonchev–Trinajstić information content (AvgIpc) is 3.37. The molecule has 1 fully saturated rings. The summed E-state index contributed by atoms with van der Waals surface area (Å²) in [6, 6.07) is 9.44. The van der Waals surface area contributed by atoms with E-state index in [1.54, 1.807) is 21.7 Å². The number of carbonyl (C=O) groups is 1. The summed E-state index contributed by atoms with van der Waals surface area (Å²) in [4.78, 5) is 37.3. The maximum absolute atomic E-state index is 13.7. The van der Waals surface area contributed by atoms with Crippen LogP contribution in [0.4, 0.5) is 16.4 Å². The number of aromatic nitrogens is 3. The van der Waals surface area contributed by atoms with Crippen molar-refractivity contribution in [1.29, 1.82) is 5.26 Å². The monoisotopic (exact) mass is 616 g/mol. The van der Waals surface area contributed by atoms with Gasteiger partial charge in [0.1, 0.15) is 22.9 Å². The van der Waals surface area contributed by atoms with Crippen LogP contribution in [0.25, 0.3) is 11.0 Å². The minimum absolute atomic E-state index is 0.0316. The lowest BCUT2D eigenvalue weighted by atomic mass is 9.99. The predicted molar refractivity (Wildman–Crippen MR) is 174 cm³/mol. The second kappa shape index (κ2) is 11.6. The first-order valence-electron chi connectivity index (χ1n) is 15.4. The van der Waals surface area contributed by atoms with E-state index < -0.39 is 13.9 Å². The van der Waals surface area contributed by atoms with E-state index in [0.717, 1.165) is 36.1 Å². The molecule has 0 bridgehead atoms. The molecule has 5 rings (SSSR count). The first kappa shape index (κ1) is 31.7. The summed E-state index contributed by atoms with van der Waals surface area (Å²) < 4.78 is 14.1. The van der Waals surface area contributed by atoms with Gasteiger partial charge in [0.05, 0.1) is 12.1 Å². The second-order valence-electron chi connectivity index (χ2n) is 14.5. The largest absolute Gasteiger partial charge is 0.444 e. The van der Waals surface area contributed by atoms with Gasteiger partial charge in [-0.15, -0.1) is 0 Å². The number of hydrogen-bond acceptors (Lipinski definition) is 8. The van der Waals surface area contributed by atoms with Crippen molar-refractivity contribution in [3.05, 3.63) is 57.5 Å². The van der Waals surface area contributed by atoms with Crippen molar-refractivity contribution in [2.24, 2.45) is 0 Å². The van der Waals surface area contributed by atoms with Gasteiger partial charge in [0.2, 0.25) is 5.95 Å². The molecule has 2 aliphatic rings. The van der Waals surface area contributed by atoms with E-state index in [1.165, 1.54) is 0 Å². The van der Waals surface area contributed by atoms with E-state index in [2.05, 4.69) is 56.3 Å². The van der Waals surface area contributed by atoms with Gasteiger partial charge in [-0.3, -0.25) is 9.36 Å². The molecule has 2 aromatic heterocycles. The Morgan fingerprint density at radius 2 is 1.86 bits per heavy atom. The molecule has 1 aromatic carbocycles. The van der Waals surface area contributed by atoms with Crippen molar-refractivity contribution in [2.45, 2.75) is 110 Å². The van der Waals surface area contributed by atoms with E-state index in [4.69, 9.17) is 14.1 Å². The molecule has 1 aliphatic carbocycles. The quantitative estimate of drug-likeness (QED) is 0.310. The van der Waals surface area contributed by atoms with Crippen LogP contribution in [0.5, 0.6) is 0 Å². The summed E-state index contributed by atoms with van der Waals surface area (Å²) in [5.41, 5.74) is 2.72. The number of hydrogen-bond donors (Lipinski definition) is 1. The molecular weight excluding hydrogens is 572 g/mol. The Morgan fingerprint density at radius 1 is 1.11 bits per heavy atom. The number of benzene rings is 1. The molecule has 1 amide bonds. The van der Waals surface area contributed by atoms with Crippen LogP contribution in [-0.2, 0) is 22.1 Å². The van der Waals surface area contributed by atoms with Crippen molar-refractivity contribution < 1.29 is 14.0 Å². The number of nitrogens with zero attached hydrogens (tertiary/aromatic N) is 5. The first-order chi connectivity index (χ1) is 20.6. The van der Waals surface area contributed by atoms with Crippen LogP contribution in [0.15, 0.2) is 35.3 Å². The van der Waals surface area contributed by atoms with E-state index in [0.29, 0.717) is 36.5 Å². The van der Waals surface area contributed by atoms with Crippen LogP contribution >= 0.6 is 0 Å². The normalized spacial score (nSPS) is 19.0. The Balaban J connectivity index is 1.44. The number of pyridine rings is 1. The predicted octanol–water partition coefficient (Wildman–Crippen LogP) is 6.82.